The lowest BCUT2D eigenvalue weighted by molar-refractivity contribution is -0.126. The molecule has 10 heteroatoms. The quantitative estimate of drug-likeness (QED) is 0.596. The number of amides is 1. The van der Waals surface area contributed by atoms with E-state index in [0.717, 1.165) is 64.3 Å². The van der Waals surface area contributed by atoms with Crippen molar-refractivity contribution in [2.45, 2.75) is 19.4 Å². The number of hydrogen-bond donors (Lipinski definition) is 1. The summed E-state index contributed by atoms with van der Waals surface area (Å²) in [5.41, 5.74) is 0.801. The van der Waals surface area contributed by atoms with Crippen LogP contribution in [-0.4, -0.2) is 92.5 Å². The van der Waals surface area contributed by atoms with Crippen LogP contribution in [-0.2, 0) is 16.1 Å². The average Bonchev–Trinajstić information content (AvgIpc) is 3.33. The summed E-state index contributed by atoms with van der Waals surface area (Å²) < 4.78 is 21.5. The summed E-state index contributed by atoms with van der Waals surface area (Å²) in [4.78, 5) is 21.6. The number of piperidine rings is 1. The van der Waals surface area contributed by atoms with Crippen LogP contribution in [0.3, 0.4) is 0 Å². The Morgan fingerprint density at radius 3 is 2.58 bits per heavy atom. The molecule has 10 nitrogen and oxygen atoms in total. The molecule has 33 heavy (non-hydrogen) atoms. The van der Waals surface area contributed by atoms with E-state index >= 15 is 0 Å². The standard InChI is InChI=1S/C23H33N5O5/c1-30-19-4-3-18(15-20(19)31-2)22-25-21(33-26-22)16-28-8-5-17(6-9-28)23(29)24-7-10-27-11-13-32-14-12-27/h3-4,15,17H,5-14,16H2,1-2H3,(H,24,29). The van der Waals surface area contributed by atoms with Gasteiger partial charge in [0.2, 0.25) is 17.6 Å². The van der Waals surface area contributed by atoms with E-state index in [1.807, 2.05) is 18.2 Å². The van der Waals surface area contributed by atoms with E-state index in [4.69, 9.17) is 18.7 Å². The average molecular weight is 460 g/mol. The predicted molar refractivity (Wildman–Crippen MR) is 121 cm³/mol. The maximum absolute atomic E-state index is 12.5. The van der Waals surface area contributed by atoms with Gasteiger partial charge in [0.1, 0.15) is 0 Å². The van der Waals surface area contributed by atoms with Crippen LogP contribution in [0.15, 0.2) is 22.7 Å². The fourth-order valence-corrected chi connectivity index (χ4v) is 4.26. The second-order valence-electron chi connectivity index (χ2n) is 8.38. The largest absolute Gasteiger partial charge is 0.493 e. The van der Waals surface area contributed by atoms with Gasteiger partial charge in [-0.3, -0.25) is 14.6 Å². The number of carbonyl (C=O) groups is 1. The summed E-state index contributed by atoms with van der Waals surface area (Å²) in [5, 5.41) is 7.22. The first kappa shape index (κ1) is 23.5. The number of morpholine rings is 1. The van der Waals surface area contributed by atoms with E-state index in [0.29, 0.717) is 36.3 Å². The fourth-order valence-electron chi connectivity index (χ4n) is 4.26. The van der Waals surface area contributed by atoms with Crippen LogP contribution in [0.2, 0.25) is 0 Å². The number of ether oxygens (including phenoxy) is 3. The van der Waals surface area contributed by atoms with Crippen molar-refractivity contribution in [2.24, 2.45) is 5.92 Å². The Morgan fingerprint density at radius 1 is 1.09 bits per heavy atom. The molecular formula is C23H33N5O5. The van der Waals surface area contributed by atoms with E-state index in [1.54, 1.807) is 14.2 Å². The zero-order valence-corrected chi connectivity index (χ0v) is 19.4. The molecule has 2 aliphatic rings. The third-order valence-corrected chi connectivity index (χ3v) is 6.26. The van der Waals surface area contributed by atoms with Gasteiger partial charge >= 0.3 is 0 Å². The lowest BCUT2D eigenvalue weighted by atomic mass is 9.96. The SMILES string of the molecule is COc1ccc(-c2noc(CN3CCC(C(=O)NCCN4CCOCC4)CC3)n2)cc1OC. The first-order valence-electron chi connectivity index (χ1n) is 11.5. The van der Waals surface area contributed by atoms with E-state index in [-0.39, 0.29) is 11.8 Å². The second-order valence-corrected chi connectivity index (χ2v) is 8.38. The molecule has 4 rings (SSSR count). The van der Waals surface area contributed by atoms with Gasteiger partial charge in [-0.2, -0.15) is 4.98 Å². The maximum Gasteiger partial charge on any atom is 0.241 e. The number of aromatic nitrogens is 2. The highest BCUT2D eigenvalue weighted by molar-refractivity contribution is 5.78. The Kier molecular flexibility index (Phi) is 8.14. The van der Waals surface area contributed by atoms with Crippen molar-refractivity contribution in [3.05, 3.63) is 24.1 Å². The number of nitrogens with zero attached hydrogens (tertiary/aromatic N) is 4. The molecule has 1 amide bonds. The molecule has 0 aliphatic carbocycles. The predicted octanol–water partition coefficient (Wildman–Crippen LogP) is 1.41. The molecule has 2 aliphatic heterocycles. The number of methoxy groups -OCH3 is 2. The van der Waals surface area contributed by atoms with Gasteiger partial charge < -0.3 is 24.1 Å². The number of hydrogen-bond acceptors (Lipinski definition) is 9. The first-order valence-corrected chi connectivity index (χ1v) is 11.5. The van der Waals surface area contributed by atoms with Crippen LogP contribution < -0.4 is 14.8 Å². The number of likely N-dealkylation sites (tertiary alicyclic amines) is 1. The first-order chi connectivity index (χ1) is 16.2. The third-order valence-electron chi connectivity index (χ3n) is 6.26. The highest BCUT2D eigenvalue weighted by Crippen LogP contribution is 2.31. The van der Waals surface area contributed by atoms with Crippen LogP contribution in [0.4, 0.5) is 0 Å². The molecule has 2 saturated heterocycles. The van der Waals surface area contributed by atoms with Gasteiger partial charge in [0.15, 0.2) is 11.5 Å². The molecule has 0 bridgehead atoms. The molecule has 0 saturated carbocycles. The number of nitrogens with one attached hydrogen (secondary N) is 1. The molecule has 3 heterocycles. The van der Waals surface area contributed by atoms with Crippen LogP contribution in [0.25, 0.3) is 11.4 Å². The maximum atomic E-state index is 12.5. The summed E-state index contributed by atoms with van der Waals surface area (Å²) in [7, 11) is 3.19. The van der Waals surface area contributed by atoms with Gasteiger partial charge in [-0.05, 0) is 44.1 Å². The van der Waals surface area contributed by atoms with Gasteiger partial charge in [0, 0.05) is 37.7 Å². The van der Waals surface area contributed by atoms with Crippen molar-refractivity contribution in [3.8, 4) is 22.9 Å². The minimum absolute atomic E-state index is 0.0657. The Hall–Kier alpha value is -2.69. The van der Waals surface area contributed by atoms with E-state index in [2.05, 4.69) is 25.3 Å². The topological polar surface area (TPSA) is 102 Å². The van der Waals surface area contributed by atoms with E-state index in [1.165, 1.54) is 0 Å². The minimum Gasteiger partial charge on any atom is -0.493 e. The van der Waals surface area contributed by atoms with Crippen molar-refractivity contribution >= 4 is 5.91 Å². The molecular weight excluding hydrogens is 426 g/mol. The molecule has 1 aromatic carbocycles. The van der Waals surface area contributed by atoms with Crippen molar-refractivity contribution in [1.29, 1.82) is 0 Å². The van der Waals surface area contributed by atoms with Crippen molar-refractivity contribution in [1.82, 2.24) is 25.3 Å². The minimum atomic E-state index is 0.0657. The zero-order valence-electron chi connectivity index (χ0n) is 19.4. The lowest BCUT2D eigenvalue weighted by Crippen LogP contribution is -2.44. The third kappa shape index (κ3) is 6.21. The Labute approximate surface area is 194 Å². The molecule has 2 fully saturated rings. The van der Waals surface area contributed by atoms with Crippen LogP contribution in [0, 0.1) is 5.92 Å². The van der Waals surface area contributed by atoms with Crippen LogP contribution in [0.1, 0.15) is 18.7 Å². The Balaban J connectivity index is 1.22. The number of benzene rings is 1. The van der Waals surface area contributed by atoms with Crippen molar-refractivity contribution in [2.75, 3.05) is 66.7 Å². The van der Waals surface area contributed by atoms with E-state index < -0.39 is 0 Å². The summed E-state index contributed by atoms with van der Waals surface area (Å²) in [5.74, 6) is 2.57. The Morgan fingerprint density at radius 2 is 1.85 bits per heavy atom. The molecule has 2 aromatic rings. The number of rotatable bonds is 9. The second kappa shape index (κ2) is 11.4. The van der Waals surface area contributed by atoms with E-state index in [9.17, 15) is 4.79 Å². The zero-order chi connectivity index (χ0) is 23.0. The van der Waals surface area contributed by atoms with Crippen molar-refractivity contribution < 1.29 is 23.5 Å². The molecule has 0 atom stereocenters. The monoisotopic (exact) mass is 459 g/mol. The lowest BCUT2D eigenvalue weighted by Gasteiger charge is -2.30. The summed E-state index contributed by atoms with van der Waals surface area (Å²) in [6, 6.07) is 5.52. The summed E-state index contributed by atoms with van der Waals surface area (Å²) in [6.45, 7) is 7.25. The van der Waals surface area contributed by atoms with Crippen LogP contribution in [0.5, 0.6) is 11.5 Å². The molecule has 180 valence electrons. The molecule has 0 spiro atoms. The summed E-state index contributed by atoms with van der Waals surface area (Å²) >= 11 is 0. The smallest absolute Gasteiger partial charge is 0.241 e. The summed E-state index contributed by atoms with van der Waals surface area (Å²) in [6.07, 6.45) is 1.67. The normalized spacial score (nSPS) is 18.2. The Bertz CT molecular complexity index is 906. The van der Waals surface area contributed by atoms with Crippen molar-refractivity contribution in [3.63, 3.8) is 0 Å². The van der Waals surface area contributed by atoms with Gasteiger partial charge in [-0.15, -0.1) is 0 Å². The highest BCUT2D eigenvalue weighted by Gasteiger charge is 2.26. The molecule has 1 N–H and O–H groups in total. The van der Waals surface area contributed by atoms with Gasteiger partial charge in [0.25, 0.3) is 0 Å². The fraction of sp³-hybridized carbons (Fsp3) is 0.609. The molecule has 1 aromatic heterocycles. The van der Waals surface area contributed by atoms with Crippen LogP contribution >= 0.6 is 0 Å². The van der Waals surface area contributed by atoms with Gasteiger partial charge in [0.05, 0.1) is 34.0 Å². The highest BCUT2D eigenvalue weighted by atomic mass is 16.5. The molecule has 0 unspecified atom stereocenters. The number of carbonyl (C=O) groups excluding carboxylic acids is 1. The van der Waals surface area contributed by atoms with Gasteiger partial charge in [-0.1, -0.05) is 5.16 Å². The van der Waals surface area contributed by atoms with Gasteiger partial charge in [-0.25, -0.2) is 0 Å². The molecule has 0 radical (unpaired) electrons.